The van der Waals surface area contributed by atoms with Gasteiger partial charge in [0, 0.05) is 12.5 Å². The predicted molar refractivity (Wildman–Crippen MR) is 61.6 cm³/mol. The lowest BCUT2D eigenvalue weighted by Gasteiger charge is -2.26. The maximum atomic E-state index is 12.9. The van der Waals surface area contributed by atoms with Gasteiger partial charge in [0.15, 0.2) is 0 Å². The van der Waals surface area contributed by atoms with Crippen LogP contribution in [0.5, 0.6) is 0 Å². The molecule has 1 saturated heterocycles. The summed E-state index contributed by atoms with van der Waals surface area (Å²) in [6.07, 6.45) is -0.511. The summed E-state index contributed by atoms with van der Waals surface area (Å²) < 4.78 is 44.1. The van der Waals surface area contributed by atoms with Crippen LogP contribution in [-0.4, -0.2) is 25.4 Å². The van der Waals surface area contributed by atoms with Crippen LogP contribution >= 0.6 is 0 Å². The molecule has 0 saturated carbocycles. The van der Waals surface area contributed by atoms with E-state index < -0.39 is 11.7 Å². The van der Waals surface area contributed by atoms with Crippen LogP contribution in [0.15, 0.2) is 23.5 Å². The Hall–Kier alpha value is -1.41. The lowest BCUT2D eigenvalue weighted by molar-refractivity contribution is -0.0958. The van der Waals surface area contributed by atoms with Crippen molar-refractivity contribution in [3.63, 3.8) is 0 Å². The molecule has 1 aliphatic carbocycles. The molecule has 0 unspecified atom stereocenters. The van der Waals surface area contributed by atoms with E-state index in [1.165, 1.54) is 6.08 Å². The van der Waals surface area contributed by atoms with Gasteiger partial charge in [0.2, 0.25) is 0 Å². The van der Waals surface area contributed by atoms with Crippen molar-refractivity contribution >= 4 is 0 Å². The first-order valence-electron chi connectivity index (χ1n) is 5.91. The SMILES string of the molecule is FC(F)(F)C1=CC#CCC=C1OC1CCNCC1. The highest BCUT2D eigenvalue weighted by atomic mass is 19.4. The van der Waals surface area contributed by atoms with Crippen LogP contribution in [0.1, 0.15) is 19.3 Å². The number of rotatable bonds is 2. The zero-order chi connectivity index (χ0) is 13.0. The first-order valence-corrected chi connectivity index (χ1v) is 5.91. The second-order valence-electron chi connectivity index (χ2n) is 4.22. The fourth-order valence-electron chi connectivity index (χ4n) is 1.93. The van der Waals surface area contributed by atoms with Crippen molar-refractivity contribution in [3.05, 3.63) is 23.5 Å². The highest BCUT2D eigenvalue weighted by molar-refractivity contribution is 5.40. The molecule has 0 aromatic heterocycles. The number of halogens is 3. The Balaban J connectivity index is 2.11. The Bertz CT molecular complexity index is 420. The summed E-state index contributed by atoms with van der Waals surface area (Å²) in [5.74, 6) is 4.93. The molecule has 2 aliphatic rings. The van der Waals surface area contributed by atoms with Crippen molar-refractivity contribution in [1.29, 1.82) is 0 Å². The van der Waals surface area contributed by atoms with Gasteiger partial charge in [-0.15, -0.1) is 0 Å². The lowest BCUT2D eigenvalue weighted by atomic mass is 10.1. The molecule has 1 aliphatic heterocycles. The summed E-state index contributed by atoms with van der Waals surface area (Å²) in [5.41, 5.74) is -0.772. The highest BCUT2D eigenvalue weighted by Crippen LogP contribution is 2.33. The number of alkyl halides is 3. The van der Waals surface area contributed by atoms with Crippen LogP contribution in [0.3, 0.4) is 0 Å². The molecule has 0 spiro atoms. The van der Waals surface area contributed by atoms with E-state index in [2.05, 4.69) is 17.2 Å². The molecule has 1 N–H and O–H groups in total. The molecule has 0 aromatic rings. The summed E-state index contributed by atoms with van der Waals surface area (Å²) in [6, 6.07) is 0. The topological polar surface area (TPSA) is 21.3 Å². The van der Waals surface area contributed by atoms with Gasteiger partial charge < -0.3 is 10.1 Å². The van der Waals surface area contributed by atoms with Crippen molar-refractivity contribution in [2.24, 2.45) is 0 Å². The quantitative estimate of drug-likeness (QED) is 0.768. The standard InChI is InChI=1S/C13H14F3NO/c14-13(15,16)11-4-2-1-3-5-12(11)18-10-6-8-17-9-7-10/h4-5,10,17H,3,6-9H2. The summed E-state index contributed by atoms with van der Waals surface area (Å²) in [4.78, 5) is 0. The van der Waals surface area contributed by atoms with Crippen LogP contribution in [0.4, 0.5) is 13.2 Å². The molecule has 18 heavy (non-hydrogen) atoms. The molecule has 2 nitrogen and oxygen atoms in total. The minimum absolute atomic E-state index is 0.0908. The number of hydrogen-bond donors (Lipinski definition) is 1. The molecule has 5 heteroatoms. The van der Waals surface area contributed by atoms with Crippen LogP contribution in [0.25, 0.3) is 0 Å². The Morgan fingerprint density at radius 1 is 1.28 bits per heavy atom. The monoisotopic (exact) mass is 257 g/mol. The van der Waals surface area contributed by atoms with Gasteiger partial charge in [0.05, 0.1) is 0 Å². The van der Waals surface area contributed by atoms with Crippen LogP contribution in [0, 0.1) is 11.8 Å². The van der Waals surface area contributed by atoms with Gasteiger partial charge in [-0.25, -0.2) is 0 Å². The van der Waals surface area contributed by atoms with Crippen LogP contribution in [0.2, 0.25) is 0 Å². The zero-order valence-electron chi connectivity index (χ0n) is 9.81. The van der Waals surface area contributed by atoms with E-state index in [0.29, 0.717) is 0 Å². The average molecular weight is 257 g/mol. The summed E-state index contributed by atoms with van der Waals surface area (Å²) in [7, 11) is 0. The fourth-order valence-corrected chi connectivity index (χ4v) is 1.93. The Morgan fingerprint density at radius 3 is 2.67 bits per heavy atom. The number of nitrogens with one attached hydrogen (secondary N) is 1. The lowest BCUT2D eigenvalue weighted by Crippen LogP contribution is -2.33. The third-order valence-corrected chi connectivity index (χ3v) is 2.86. The van der Waals surface area contributed by atoms with Crippen molar-refractivity contribution in [3.8, 4) is 11.8 Å². The highest BCUT2D eigenvalue weighted by Gasteiger charge is 2.38. The van der Waals surface area contributed by atoms with E-state index >= 15 is 0 Å². The van der Waals surface area contributed by atoms with E-state index in [1.807, 2.05) is 0 Å². The van der Waals surface area contributed by atoms with Gasteiger partial charge in [-0.3, -0.25) is 0 Å². The van der Waals surface area contributed by atoms with E-state index in [1.54, 1.807) is 0 Å². The number of piperidine rings is 1. The van der Waals surface area contributed by atoms with Crippen LogP contribution in [-0.2, 0) is 4.74 Å². The summed E-state index contributed by atoms with van der Waals surface area (Å²) in [5, 5.41) is 3.14. The van der Waals surface area contributed by atoms with Gasteiger partial charge in [-0.1, -0.05) is 11.8 Å². The molecule has 1 fully saturated rings. The molecule has 1 heterocycles. The van der Waals surface area contributed by atoms with E-state index in [9.17, 15) is 13.2 Å². The normalized spacial score (nSPS) is 21.3. The van der Waals surface area contributed by atoms with Gasteiger partial charge >= 0.3 is 6.18 Å². The van der Waals surface area contributed by atoms with E-state index in [-0.39, 0.29) is 18.3 Å². The maximum absolute atomic E-state index is 12.9. The number of allylic oxidation sites excluding steroid dienone is 3. The van der Waals surface area contributed by atoms with E-state index in [0.717, 1.165) is 32.0 Å². The number of hydrogen-bond acceptors (Lipinski definition) is 2. The minimum Gasteiger partial charge on any atom is -0.490 e. The molecule has 2 rings (SSSR count). The van der Waals surface area contributed by atoms with Gasteiger partial charge in [0.25, 0.3) is 0 Å². The van der Waals surface area contributed by atoms with Gasteiger partial charge in [-0.05, 0) is 32.0 Å². The molecule has 0 aromatic carbocycles. The van der Waals surface area contributed by atoms with Gasteiger partial charge in [-0.2, -0.15) is 13.2 Å². The Morgan fingerprint density at radius 2 is 2.00 bits per heavy atom. The van der Waals surface area contributed by atoms with E-state index in [4.69, 9.17) is 4.74 Å². The minimum atomic E-state index is -4.42. The third-order valence-electron chi connectivity index (χ3n) is 2.86. The fraction of sp³-hybridized carbons (Fsp3) is 0.538. The number of ether oxygens (including phenoxy) is 1. The molecule has 0 radical (unpaired) electrons. The van der Waals surface area contributed by atoms with Crippen molar-refractivity contribution in [2.75, 3.05) is 13.1 Å². The molecule has 0 atom stereocenters. The molecule has 0 bridgehead atoms. The van der Waals surface area contributed by atoms with Gasteiger partial charge in [0.1, 0.15) is 17.4 Å². The zero-order valence-corrected chi connectivity index (χ0v) is 9.81. The predicted octanol–water partition coefficient (Wildman–Crippen LogP) is 2.53. The third kappa shape index (κ3) is 3.30. The summed E-state index contributed by atoms with van der Waals surface area (Å²) in [6.45, 7) is 1.55. The second kappa shape index (κ2) is 5.49. The Kier molecular flexibility index (Phi) is 3.97. The maximum Gasteiger partial charge on any atom is 0.420 e. The van der Waals surface area contributed by atoms with Crippen molar-refractivity contribution in [1.82, 2.24) is 5.32 Å². The Labute approximate surface area is 104 Å². The van der Waals surface area contributed by atoms with Crippen molar-refractivity contribution < 1.29 is 17.9 Å². The molecular formula is C13H14F3NO. The van der Waals surface area contributed by atoms with Crippen LogP contribution < -0.4 is 5.32 Å². The average Bonchev–Trinajstić information content (AvgIpc) is 2.55. The summed E-state index contributed by atoms with van der Waals surface area (Å²) >= 11 is 0. The first kappa shape index (κ1) is 13.0. The second-order valence-corrected chi connectivity index (χ2v) is 4.22. The largest absolute Gasteiger partial charge is 0.490 e. The first-order chi connectivity index (χ1) is 8.57. The molecule has 0 amide bonds. The molecule has 98 valence electrons. The molecular weight excluding hydrogens is 243 g/mol. The van der Waals surface area contributed by atoms with Crippen molar-refractivity contribution in [2.45, 2.75) is 31.5 Å². The smallest absolute Gasteiger partial charge is 0.420 e.